The van der Waals surface area contributed by atoms with E-state index in [2.05, 4.69) is 4.72 Å². The Balaban J connectivity index is 2.98. The first-order chi connectivity index (χ1) is 9.27. The number of anilines is 1. The summed E-state index contributed by atoms with van der Waals surface area (Å²) in [4.78, 5) is 2.27. The SMILES string of the molecule is CC(C)NS(=O)(=O)c1ccc(N(CCO)C(C)C)cc1. The highest BCUT2D eigenvalue weighted by atomic mass is 32.2. The molecule has 0 atom stereocenters. The lowest BCUT2D eigenvalue weighted by molar-refractivity contribution is 0.299. The van der Waals surface area contributed by atoms with E-state index >= 15 is 0 Å². The first-order valence-corrected chi connectivity index (χ1v) is 8.26. The molecule has 0 aliphatic rings. The minimum atomic E-state index is -3.45. The van der Waals surface area contributed by atoms with Gasteiger partial charge < -0.3 is 10.0 Å². The molecule has 0 amide bonds. The van der Waals surface area contributed by atoms with Gasteiger partial charge in [0.25, 0.3) is 0 Å². The lowest BCUT2D eigenvalue weighted by atomic mass is 10.2. The summed E-state index contributed by atoms with van der Waals surface area (Å²) in [5.74, 6) is 0. The van der Waals surface area contributed by atoms with Gasteiger partial charge in [-0.25, -0.2) is 13.1 Å². The number of rotatable bonds is 7. The van der Waals surface area contributed by atoms with E-state index in [1.165, 1.54) is 0 Å². The van der Waals surface area contributed by atoms with Gasteiger partial charge in [-0.05, 0) is 52.0 Å². The summed E-state index contributed by atoms with van der Waals surface area (Å²) in [6, 6.07) is 6.81. The van der Waals surface area contributed by atoms with E-state index in [1.807, 2.05) is 18.7 Å². The largest absolute Gasteiger partial charge is 0.395 e. The van der Waals surface area contributed by atoms with Gasteiger partial charge in [-0.15, -0.1) is 0 Å². The minimum absolute atomic E-state index is 0.0626. The molecular weight excluding hydrogens is 276 g/mol. The maximum atomic E-state index is 12.0. The zero-order chi connectivity index (χ0) is 15.3. The van der Waals surface area contributed by atoms with E-state index < -0.39 is 10.0 Å². The van der Waals surface area contributed by atoms with Crippen LogP contribution in [0.3, 0.4) is 0 Å². The van der Waals surface area contributed by atoms with Crippen LogP contribution in [0.25, 0.3) is 0 Å². The van der Waals surface area contributed by atoms with Crippen LogP contribution in [0.1, 0.15) is 27.7 Å². The third kappa shape index (κ3) is 4.47. The van der Waals surface area contributed by atoms with Gasteiger partial charge in [0, 0.05) is 24.3 Å². The molecule has 0 bridgehead atoms. The predicted molar refractivity (Wildman–Crippen MR) is 81.5 cm³/mol. The second-order valence-corrected chi connectivity index (χ2v) is 6.99. The van der Waals surface area contributed by atoms with Crippen molar-refractivity contribution in [3.8, 4) is 0 Å². The quantitative estimate of drug-likeness (QED) is 0.802. The number of nitrogens with one attached hydrogen (secondary N) is 1. The Morgan fingerprint density at radius 1 is 1.15 bits per heavy atom. The summed E-state index contributed by atoms with van der Waals surface area (Å²) in [6.45, 7) is 8.21. The maximum Gasteiger partial charge on any atom is 0.240 e. The fourth-order valence-electron chi connectivity index (χ4n) is 1.99. The Morgan fingerprint density at radius 2 is 1.70 bits per heavy atom. The fraction of sp³-hybridized carbons (Fsp3) is 0.571. The Bertz CT molecular complexity index is 510. The molecular formula is C14H24N2O3S. The van der Waals surface area contributed by atoms with Crippen LogP contribution in [0.2, 0.25) is 0 Å². The average molecular weight is 300 g/mol. The van der Waals surface area contributed by atoms with Crippen molar-refractivity contribution in [2.45, 2.75) is 44.7 Å². The van der Waals surface area contributed by atoms with Gasteiger partial charge in [-0.3, -0.25) is 0 Å². The van der Waals surface area contributed by atoms with Crippen molar-refractivity contribution < 1.29 is 13.5 Å². The van der Waals surface area contributed by atoms with Crippen molar-refractivity contribution in [3.05, 3.63) is 24.3 Å². The van der Waals surface area contributed by atoms with Crippen LogP contribution < -0.4 is 9.62 Å². The van der Waals surface area contributed by atoms with Crippen LogP contribution in [0.5, 0.6) is 0 Å². The van der Waals surface area contributed by atoms with Crippen LogP contribution in [-0.2, 0) is 10.0 Å². The first kappa shape index (κ1) is 16.9. The molecule has 114 valence electrons. The second-order valence-electron chi connectivity index (χ2n) is 5.28. The Hall–Kier alpha value is -1.11. The van der Waals surface area contributed by atoms with Crippen LogP contribution in [0, 0.1) is 0 Å². The summed E-state index contributed by atoms with van der Waals surface area (Å²) in [5, 5.41) is 9.08. The number of benzene rings is 1. The number of nitrogens with zero attached hydrogens (tertiary/aromatic N) is 1. The number of hydrogen-bond donors (Lipinski definition) is 2. The molecule has 0 aromatic heterocycles. The molecule has 0 aliphatic carbocycles. The zero-order valence-corrected chi connectivity index (χ0v) is 13.3. The monoisotopic (exact) mass is 300 g/mol. The molecule has 2 N–H and O–H groups in total. The lowest BCUT2D eigenvalue weighted by Gasteiger charge is -2.28. The van der Waals surface area contributed by atoms with E-state index in [-0.39, 0.29) is 23.6 Å². The predicted octanol–water partition coefficient (Wildman–Crippen LogP) is 1.58. The normalized spacial score (nSPS) is 12.2. The molecule has 1 aromatic rings. The third-order valence-corrected chi connectivity index (χ3v) is 4.51. The Morgan fingerprint density at radius 3 is 2.10 bits per heavy atom. The van der Waals surface area contributed by atoms with E-state index in [0.717, 1.165) is 5.69 Å². The molecule has 5 nitrogen and oxygen atoms in total. The number of sulfonamides is 1. The van der Waals surface area contributed by atoms with Crippen LogP contribution >= 0.6 is 0 Å². The van der Waals surface area contributed by atoms with Crippen molar-refractivity contribution in [2.24, 2.45) is 0 Å². The Labute approximate surface area is 121 Å². The maximum absolute atomic E-state index is 12.0. The molecule has 0 unspecified atom stereocenters. The molecule has 0 radical (unpaired) electrons. The van der Waals surface area contributed by atoms with E-state index in [0.29, 0.717) is 6.54 Å². The standard InChI is InChI=1S/C14H24N2O3S/c1-11(2)15-20(18,19)14-7-5-13(6-8-14)16(9-10-17)12(3)4/h5-8,11-12,15,17H,9-10H2,1-4H3. The van der Waals surface area contributed by atoms with Crippen molar-refractivity contribution >= 4 is 15.7 Å². The summed E-state index contributed by atoms with van der Waals surface area (Å²) < 4.78 is 26.6. The van der Waals surface area contributed by atoms with Gasteiger partial charge in [-0.2, -0.15) is 0 Å². The van der Waals surface area contributed by atoms with Crippen LogP contribution in [0.15, 0.2) is 29.2 Å². The lowest BCUT2D eigenvalue weighted by Crippen LogP contribution is -2.33. The van der Waals surface area contributed by atoms with E-state index in [4.69, 9.17) is 5.11 Å². The number of aliphatic hydroxyl groups is 1. The summed E-state index contributed by atoms with van der Waals surface area (Å²) in [6.07, 6.45) is 0. The third-order valence-electron chi connectivity index (χ3n) is 2.83. The van der Waals surface area contributed by atoms with Crippen molar-refractivity contribution in [2.75, 3.05) is 18.1 Å². The van der Waals surface area contributed by atoms with Gasteiger partial charge in [0.05, 0.1) is 11.5 Å². The molecule has 0 saturated carbocycles. The highest BCUT2D eigenvalue weighted by Crippen LogP contribution is 2.20. The van der Waals surface area contributed by atoms with E-state index in [9.17, 15) is 8.42 Å². The fourth-order valence-corrected chi connectivity index (χ4v) is 3.24. The van der Waals surface area contributed by atoms with Gasteiger partial charge in [0.1, 0.15) is 0 Å². The van der Waals surface area contributed by atoms with Crippen molar-refractivity contribution in [1.29, 1.82) is 0 Å². The summed E-state index contributed by atoms with van der Waals surface area (Å²) in [5.41, 5.74) is 0.901. The zero-order valence-electron chi connectivity index (χ0n) is 12.5. The van der Waals surface area contributed by atoms with Gasteiger partial charge in [0.15, 0.2) is 0 Å². The van der Waals surface area contributed by atoms with Crippen molar-refractivity contribution in [3.63, 3.8) is 0 Å². The highest BCUT2D eigenvalue weighted by molar-refractivity contribution is 7.89. The van der Waals surface area contributed by atoms with Crippen molar-refractivity contribution in [1.82, 2.24) is 4.72 Å². The minimum Gasteiger partial charge on any atom is -0.395 e. The Kier molecular flexibility index (Phi) is 5.98. The smallest absolute Gasteiger partial charge is 0.240 e. The van der Waals surface area contributed by atoms with Gasteiger partial charge >= 0.3 is 0 Å². The van der Waals surface area contributed by atoms with Gasteiger partial charge in [-0.1, -0.05) is 0 Å². The highest BCUT2D eigenvalue weighted by Gasteiger charge is 2.16. The molecule has 20 heavy (non-hydrogen) atoms. The van der Waals surface area contributed by atoms with Gasteiger partial charge in [0.2, 0.25) is 10.0 Å². The molecule has 1 aromatic carbocycles. The molecule has 0 spiro atoms. The molecule has 1 rings (SSSR count). The average Bonchev–Trinajstić information content (AvgIpc) is 2.34. The molecule has 0 aliphatic heterocycles. The molecule has 0 saturated heterocycles. The van der Waals surface area contributed by atoms with Crippen LogP contribution in [-0.4, -0.2) is 38.8 Å². The summed E-state index contributed by atoms with van der Waals surface area (Å²) >= 11 is 0. The topological polar surface area (TPSA) is 69.6 Å². The van der Waals surface area contributed by atoms with Crippen LogP contribution in [0.4, 0.5) is 5.69 Å². The van der Waals surface area contributed by atoms with E-state index in [1.54, 1.807) is 38.1 Å². The molecule has 6 heteroatoms. The molecule has 0 fully saturated rings. The first-order valence-electron chi connectivity index (χ1n) is 6.78. The molecule has 0 heterocycles. The number of aliphatic hydroxyl groups excluding tert-OH is 1. The number of hydrogen-bond acceptors (Lipinski definition) is 4. The summed E-state index contributed by atoms with van der Waals surface area (Å²) in [7, 11) is -3.45. The second kappa shape index (κ2) is 7.06.